The predicted molar refractivity (Wildman–Crippen MR) is 92.5 cm³/mol. The molecule has 2 aliphatic heterocycles. The van der Waals surface area contributed by atoms with Crippen molar-refractivity contribution in [1.29, 1.82) is 0 Å². The van der Waals surface area contributed by atoms with Gasteiger partial charge in [-0.15, -0.1) is 0 Å². The van der Waals surface area contributed by atoms with E-state index in [1.807, 2.05) is 26.0 Å². The average molecular weight is 325 g/mol. The van der Waals surface area contributed by atoms with Crippen molar-refractivity contribution in [3.63, 3.8) is 0 Å². The molecule has 3 atom stereocenters. The van der Waals surface area contributed by atoms with Crippen LogP contribution in [0.3, 0.4) is 0 Å². The number of aromatic nitrogens is 1. The number of fused-ring (bicyclic) bond motifs is 4. The molecular formula is C19H23N3O2. The Balaban J connectivity index is 1.80. The van der Waals surface area contributed by atoms with Gasteiger partial charge in [0, 0.05) is 29.1 Å². The predicted octanol–water partition coefficient (Wildman–Crippen LogP) is 2.62. The molecule has 0 radical (unpaired) electrons. The molecule has 24 heavy (non-hydrogen) atoms. The number of nitrogens with one attached hydrogen (secondary N) is 1. The van der Waals surface area contributed by atoms with Crippen molar-refractivity contribution in [3.05, 3.63) is 35.5 Å². The Hall–Kier alpha value is -2.30. The third-order valence-corrected chi connectivity index (χ3v) is 5.70. The third kappa shape index (κ3) is 2.00. The maximum absolute atomic E-state index is 13.0. The highest BCUT2D eigenvalue weighted by Gasteiger charge is 2.46. The van der Waals surface area contributed by atoms with Crippen LogP contribution in [0.5, 0.6) is 0 Å². The number of para-hydroxylation sites is 1. The van der Waals surface area contributed by atoms with Crippen molar-refractivity contribution in [3.8, 4) is 0 Å². The Morgan fingerprint density at radius 3 is 2.79 bits per heavy atom. The number of hydrogen-bond donors (Lipinski definition) is 1. The summed E-state index contributed by atoms with van der Waals surface area (Å²) in [7, 11) is 0. The molecule has 0 spiro atoms. The van der Waals surface area contributed by atoms with Gasteiger partial charge in [-0.25, -0.2) is 0 Å². The van der Waals surface area contributed by atoms with Gasteiger partial charge in [-0.2, -0.15) is 0 Å². The molecule has 3 heterocycles. The fourth-order valence-electron chi connectivity index (χ4n) is 4.18. The van der Waals surface area contributed by atoms with Gasteiger partial charge in [0.15, 0.2) is 0 Å². The fraction of sp³-hybridized carbons (Fsp3) is 0.474. The number of nitrogens with zero attached hydrogens (tertiary/aromatic N) is 2. The van der Waals surface area contributed by atoms with Crippen molar-refractivity contribution < 1.29 is 9.59 Å². The van der Waals surface area contributed by atoms with E-state index in [-0.39, 0.29) is 36.5 Å². The van der Waals surface area contributed by atoms with Crippen LogP contribution in [0.25, 0.3) is 10.9 Å². The summed E-state index contributed by atoms with van der Waals surface area (Å²) in [6.07, 6.45) is 1.46. The van der Waals surface area contributed by atoms with Crippen LogP contribution in [-0.4, -0.2) is 45.2 Å². The lowest BCUT2D eigenvalue weighted by molar-refractivity contribution is -0.161. The second-order valence-electron chi connectivity index (χ2n) is 6.98. The average Bonchev–Trinajstić information content (AvgIpc) is 2.96. The van der Waals surface area contributed by atoms with Crippen molar-refractivity contribution >= 4 is 22.7 Å². The van der Waals surface area contributed by atoms with Gasteiger partial charge >= 0.3 is 0 Å². The first-order valence-corrected chi connectivity index (χ1v) is 8.74. The minimum atomic E-state index is -0.373. The fourth-order valence-corrected chi connectivity index (χ4v) is 4.18. The van der Waals surface area contributed by atoms with Crippen molar-refractivity contribution in [2.45, 2.75) is 51.7 Å². The number of carbonyl (C=O) groups is 2. The number of rotatable bonds is 2. The molecule has 1 N–H and O–H groups in total. The van der Waals surface area contributed by atoms with Crippen molar-refractivity contribution in [2.75, 3.05) is 6.54 Å². The van der Waals surface area contributed by atoms with E-state index in [4.69, 9.17) is 0 Å². The number of benzene rings is 1. The molecule has 2 aliphatic rings. The summed E-state index contributed by atoms with van der Waals surface area (Å²) in [5.74, 6) is 0.142. The quantitative estimate of drug-likeness (QED) is 0.923. The summed E-state index contributed by atoms with van der Waals surface area (Å²) in [6.45, 7) is 6.29. The van der Waals surface area contributed by atoms with Gasteiger partial charge in [-0.05, 0) is 31.9 Å². The second kappa shape index (κ2) is 5.36. The molecule has 126 valence electrons. The lowest BCUT2D eigenvalue weighted by atomic mass is 9.89. The molecule has 0 unspecified atom stereocenters. The largest absolute Gasteiger partial charge is 0.356 e. The molecule has 0 bridgehead atoms. The van der Waals surface area contributed by atoms with Crippen LogP contribution in [0, 0.1) is 0 Å². The number of carbonyl (C=O) groups excluding carboxylic acids is 2. The maximum atomic E-state index is 13.0. The first-order chi connectivity index (χ1) is 11.5. The Labute approximate surface area is 141 Å². The second-order valence-corrected chi connectivity index (χ2v) is 6.98. The highest BCUT2D eigenvalue weighted by molar-refractivity contribution is 5.97. The molecule has 2 aromatic rings. The molecule has 2 amide bonds. The summed E-state index contributed by atoms with van der Waals surface area (Å²) in [5.41, 5.74) is 3.34. The zero-order chi connectivity index (χ0) is 17.0. The SMILES string of the molecule is CC[C@H](C)N1CC(=O)N2[C@@H](Cc3c([nH]c4ccccc34)[C@@H]2C)C1=O. The monoisotopic (exact) mass is 325 g/mol. The maximum Gasteiger partial charge on any atom is 0.246 e. The van der Waals surface area contributed by atoms with E-state index >= 15 is 0 Å². The van der Waals surface area contributed by atoms with Crippen molar-refractivity contribution in [2.24, 2.45) is 0 Å². The van der Waals surface area contributed by atoms with Gasteiger partial charge < -0.3 is 14.8 Å². The van der Waals surface area contributed by atoms with Crippen LogP contribution < -0.4 is 0 Å². The smallest absolute Gasteiger partial charge is 0.246 e. The number of piperazine rings is 1. The number of H-pyrrole nitrogens is 1. The summed E-state index contributed by atoms with van der Waals surface area (Å²) < 4.78 is 0. The third-order valence-electron chi connectivity index (χ3n) is 5.70. The summed E-state index contributed by atoms with van der Waals surface area (Å²) in [6, 6.07) is 7.80. The minimum Gasteiger partial charge on any atom is -0.356 e. The van der Waals surface area contributed by atoms with E-state index in [2.05, 4.69) is 24.0 Å². The summed E-state index contributed by atoms with van der Waals surface area (Å²) in [5, 5.41) is 1.17. The van der Waals surface area contributed by atoms with Crippen LogP contribution in [-0.2, 0) is 16.0 Å². The molecule has 1 fully saturated rings. The van der Waals surface area contributed by atoms with E-state index in [1.165, 1.54) is 10.9 Å². The van der Waals surface area contributed by atoms with Gasteiger partial charge in [-0.3, -0.25) is 9.59 Å². The van der Waals surface area contributed by atoms with Crippen LogP contribution in [0.4, 0.5) is 0 Å². The molecule has 0 aliphatic carbocycles. The van der Waals surface area contributed by atoms with E-state index in [9.17, 15) is 9.59 Å². The molecule has 1 saturated heterocycles. The molecule has 4 rings (SSSR count). The van der Waals surface area contributed by atoms with Gasteiger partial charge in [0.25, 0.3) is 0 Å². The zero-order valence-corrected chi connectivity index (χ0v) is 14.4. The summed E-state index contributed by atoms with van der Waals surface area (Å²) in [4.78, 5) is 32.8. The van der Waals surface area contributed by atoms with E-state index in [1.54, 1.807) is 9.80 Å². The molecule has 0 saturated carbocycles. The molecule has 1 aromatic carbocycles. The lowest BCUT2D eigenvalue weighted by Gasteiger charge is -2.47. The Kier molecular flexibility index (Phi) is 3.41. The van der Waals surface area contributed by atoms with Gasteiger partial charge in [0.2, 0.25) is 11.8 Å². The van der Waals surface area contributed by atoms with E-state index in [0.29, 0.717) is 6.42 Å². The van der Waals surface area contributed by atoms with Crippen LogP contribution >= 0.6 is 0 Å². The highest BCUT2D eigenvalue weighted by atomic mass is 16.2. The topological polar surface area (TPSA) is 56.4 Å². The number of amides is 2. The molecule has 5 heteroatoms. The first-order valence-electron chi connectivity index (χ1n) is 8.74. The van der Waals surface area contributed by atoms with Gasteiger partial charge in [0.05, 0.1) is 6.04 Å². The van der Waals surface area contributed by atoms with Gasteiger partial charge in [-0.1, -0.05) is 25.1 Å². The zero-order valence-electron chi connectivity index (χ0n) is 14.4. The highest BCUT2D eigenvalue weighted by Crippen LogP contribution is 2.39. The van der Waals surface area contributed by atoms with Gasteiger partial charge in [0.1, 0.15) is 12.6 Å². The van der Waals surface area contributed by atoms with E-state index < -0.39 is 0 Å². The summed E-state index contributed by atoms with van der Waals surface area (Å²) >= 11 is 0. The normalized spacial score (nSPS) is 25.0. The Bertz CT molecular complexity index is 825. The number of aromatic amines is 1. The van der Waals surface area contributed by atoms with E-state index in [0.717, 1.165) is 17.6 Å². The Morgan fingerprint density at radius 2 is 2.04 bits per heavy atom. The molecular weight excluding hydrogens is 302 g/mol. The van der Waals surface area contributed by atoms with Crippen LogP contribution in [0.1, 0.15) is 44.5 Å². The lowest BCUT2D eigenvalue weighted by Crippen LogP contribution is -2.64. The molecule has 5 nitrogen and oxygen atoms in total. The first kappa shape index (κ1) is 15.2. The van der Waals surface area contributed by atoms with Crippen LogP contribution in [0.2, 0.25) is 0 Å². The Morgan fingerprint density at radius 1 is 1.29 bits per heavy atom. The van der Waals surface area contributed by atoms with Crippen LogP contribution in [0.15, 0.2) is 24.3 Å². The molecule has 1 aromatic heterocycles. The van der Waals surface area contributed by atoms with Crippen molar-refractivity contribution in [1.82, 2.24) is 14.8 Å². The number of hydrogen-bond acceptors (Lipinski definition) is 2. The standard InChI is InChI=1S/C19H23N3O2/c1-4-11(2)21-10-17(23)22-12(3)18-14(9-16(22)19(21)24)13-7-5-6-8-15(13)20-18/h5-8,11-12,16,20H,4,9-10H2,1-3H3/t11-,12-,16-/m0/s1. The minimum absolute atomic E-state index is 0.0525.